The molecule has 1 atom stereocenters. The van der Waals surface area contributed by atoms with Gasteiger partial charge in [0.15, 0.2) is 0 Å². The molecule has 2 rings (SSSR count). The molecule has 1 saturated heterocycles. The molecule has 1 heterocycles. The number of benzene rings is 1. The number of nitrogens with zero attached hydrogens (tertiary/aromatic N) is 1. The van der Waals surface area contributed by atoms with Gasteiger partial charge in [0.1, 0.15) is 11.8 Å². The monoisotopic (exact) mass is 340 g/mol. The van der Waals surface area contributed by atoms with Gasteiger partial charge in [-0.2, -0.15) is 0 Å². The zero-order chi connectivity index (χ0) is 14.5. The molecule has 5 nitrogen and oxygen atoms in total. The molecule has 0 radical (unpaired) electrons. The van der Waals surface area contributed by atoms with Crippen LogP contribution in [0.15, 0.2) is 28.7 Å². The van der Waals surface area contributed by atoms with Crippen molar-refractivity contribution in [1.29, 1.82) is 0 Å². The number of hydrogen-bond acceptors (Lipinski definition) is 3. The third-order valence-electron chi connectivity index (χ3n) is 3.22. The number of amides is 2. The number of rotatable bonds is 4. The maximum atomic E-state index is 12.1. The Labute approximate surface area is 126 Å². The molecular formula is C14H17BrN2O3. The van der Waals surface area contributed by atoms with Crippen molar-refractivity contribution in [3.05, 3.63) is 28.7 Å². The average molecular weight is 341 g/mol. The van der Waals surface area contributed by atoms with Crippen molar-refractivity contribution in [1.82, 2.24) is 10.2 Å². The Morgan fingerprint density at radius 2 is 2.15 bits per heavy atom. The smallest absolute Gasteiger partial charge is 0.242 e. The van der Waals surface area contributed by atoms with Crippen molar-refractivity contribution < 1.29 is 14.3 Å². The summed E-state index contributed by atoms with van der Waals surface area (Å²) in [5.74, 6) is 0.577. The maximum Gasteiger partial charge on any atom is 0.242 e. The molecule has 1 aliphatic heterocycles. The van der Waals surface area contributed by atoms with Crippen molar-refractivity contribution in [2.45, 2.75) is 19.4 Å². The van der Waals surface area contributed by atoms with Crippen LogP contribution >= 0.6 is 15.9 Å². The van der Waals surface area contributed by atoms with Crippen molar-refractivity contribution in [2.75, 3.05) is 19.7 Å². The lowest BCUT2D eigenvalue weighted by molar-refractivity contribution is -0.142. The molecule has 1 aliphatic rings. The van der Waals surface area contributed by atoms with E-state index in [0.717, 1.165) is 10.2 Å². The van der Waals surface area contributed by atoms with Crippen LogP contribution in [0.5, 0.6) is 5.75 Å². The Hall–Kier alpha value is -1.56. The number of halogens is 1. The van der Waals surface area contributed by atoms with Gasteiger partial charge in [0.25, 0.3) is 0 Å². The summed E-state index contributed by atoms with van der Waals surface area (Å²) < 4.78 is 6.50. The Kier molecular flexibility index (Phi) is 5.00. The van der Waals surface area contributed by atoms with Gasteiger partial charge in [-0.25, -0.2) is 0 Å². The van der Waals surface area contributed by atoms with Gasteiger partial charge in [-0.05, 0) is 31.2 Å². The van der Waals surface area contributed by atoms with E-state index >= 15 is 0 Å². The van der Waals surface area contributed by atoms with Crippen molar-refractivity contribution >= 4 is 27.7 Å². The molecule has 0 spiro atoms. The zero-order valence-corrected chi connectivity index (χ0v) is 12.9. The first-order valence-electron chi connectivity index (χ1n) is 6.53. The second-order valence-corrected chi connectivity index (χ2v) is 5.52. The maximum absolute atomic E-state index is 12.1. The number of nitrogens with one attached hydrogen (secondary N) is 1. The van der Waals surface area contributed by atoms with E-state index in [1.807, 2.05) is 24.3 Å². The van der Waals surface area contributed by atoms with Crippen molar-refractivity contribution in [3.8, 4) is 5.75 Å². The zero-order valence-electron chi connectivity index (χ0n) is 11.3. The van der Waals surface area contributed by atoms with E-state index < -0.39 is 6.04 Å². The summed E-state index contributed by atoms with van der Waals surface area (Å²) >= 11 is 3.35. The van der Waals surface area contributed by atoms with E-state index in [-0.39, 0.29) is 18.2 Å². The fourth-order valence-electron chi connectivity index (χ4n) is 2.05. The molecule has 1 aromatic carbocycles. The van der Waals surface area contributed by atoms with E-state index in [1.165, 1.54) is 0 Å². The summed E-state index contributed by atoms with van der Waals surface area (Å²) in [4.78, 5) is 25.2. The highest BCUT2D eigenvalue weighted by atomic mass is 79.9. The summed E-state index contributed by atoms with van der Waals surface area (Å²) in [6.45, 7) is 3.12. The van der Waals surface area contributed by atoms with Crippen LogP contribution in [0, 0.1) is 0 Å². The highest BCUT2D eigenvalue weighted by Gasteiger charge is 2.28. The molecule has 0 aromatic heterocycles. The van der Waals surface area contributed by atoms with Crippen LogP contribution in [0.2, 0.25) is 0 Å². The fraction of sp³-hybridized carbons (Fsp3) is 0.429. The summed E-state index contributed by atoms with van der Waals surface area (Å²) in [7, 11) is 0. The lowest BCUT2D eigenvalue weighted by Gasteiger charge is -2.32. The first-order chi connectivity index (χ1) is 9.58. The second kappa shape index (κ2) is 6.74. The van der Waals surface area contributed by atoms with Crippen LogP contribution in [0.1, 0.15) is 13.3 Å². The molecule has 0 saturated carbocycles. The van der Waals surface area contributed by atoms with Gasteiger partial charge in [-0.3, -0.25) is 9.59 Å². The predicted octanol–water partition coefficient (Wildman–Crippen LogP) is 1.56. The number of ether oxygens (including phenoxy) is 1. The lowest BCUT2D eigenvalue weighted by atomic mass is 10.2. The first-order valence-corrected chi connectivity index (χ1v) is 7.33. The number of carbonyl (C=O) groups is 2. The van der Waals surface area contributed by atoms with E-state index in [0.29, 0.717) is 19.7 Å². The molecule has 0 bridgehead atoms. The Morgan fingerprint density at radius 3 is 2.85 bits per heavy atom. The van der Waals surface area contributed by atoms with Gasteiger partial charge in [-0.1, -0.05) is 15.9 Å². The van der Waals surface area contributed by atoms with Crippen molar-refractivity contribution in [3.63, 3.8) is 0 Å². The summed E-state index contributed by atoms with van der Waals surface area (Å²) in [5.41, 5.74) is 0. The minimum atomic E-state index is -0.399. The van der Waals surface area contributed by atoms with Gasteiger partial charge < -0.3 is 15.0 Å². The molecule has 1 fully saturated rings. The highest BCUT2D eigenvalue weighted by molar-refractivity contribution is 9.10. The molecule has 20 heavy (non-hydrogen) atoms. The van der Waals surface area contributed by atoms with Gasteiger partial charge in [0, 0.05) is 17.6 Å². The Morgan fingerprint density at radius 1 is 1.45 bits per heavy atom. The predicted molar refractivity (Wildman–Crippen MR) is 78.4 cm³/mol. The topological polar surface area (TPSA) is 58.6 Å². The summed E-state index contributed by atoms with van der Waals surface area (Å²) in [6, 6.07) is 7.04. The standard InChI is InChI=1S/C14H17BrN2O3/c1-10-14(19)16-7-8-17(10)13(18)6-9-20-12-4-2-11(15)3-5-12/h2-5,10H,6-9H2,1H3,(H,16,19). The lowest BCUT2D eigenvalue weighted by Crippen LogP contribution is -2.56. The molecule has 0 aliphatic carbocycles. The molecular weight excluding hydrogens is 324 g/mol. The third-order valence-corrected chi connectivity index (χ3v) is 3.75. The van der Waals surface area contributed by atoms with Crippen molar-refractivity contribution in [2.24, 2.45) is 0 Å². The van der Waals surface area contributed by atoms with Crippen LogP contribution in [-0.4, -0.2) is 42.5 Å². The Bertz CT molecular complexity index is 490. The van der Waals surface area contributed by atoms with Gasteiger partial charge in [0.05, 0.1) is 13.0 Å². The average Bonchev–Trinajstić information content (AvgIpc) is 2.44. The second-order valence-electron chi connectivity index (χ2n) is 4.61. The molecule has 1 N–H and O–H groups in total. The first kappa shape index (κ1) is 14.8. The molecule has 108 valence electrons. The van der Waals surface area contributed by atoms with Crippen LogP contribution in [0.3, 0.4) is 0 Å². The quantitative estimate of drug-likeness (QED) is 0.904. The normalized spacial score (nSPS) is 18.6. The molecule has 6 heteroatoms. The minimum Gasteiger partial charge on any atom is -0.493 e. The largest absolute Gasteiger partial charge is 0.493 e. The van der Waals surface area contributed by atoms with Gasteiger partial charge in [-0.15, -0.1) is 0 Å². The minimum absolute atomic E-state index is 0.0514. The van der Waals surface area contributed by atoms with Gasteiger partial charge >= 0.3 is 0 Å². The van der Waals surface area contributed by atoms with Crippen LogP contribution in [-0.2, 0) is 9.59 Å². The number of hydrogen-bond donors (Lipinski definition) is 1. The van der Waals surface area contributed by atoms with Crippen LogP contribution in [0.4, 0.5) is 0 Å². The summed E-state index contributed by atoms with van der Waals surface area (Å²) in [5, 5.41) is 2.74. The van der Waals surface area contributed by atoms with E-state index in [1.54, 1.807) is 11.8 Å². The summed E-state index contributed by atoms with van der Waals surface area (Å²) in [6.07, 6.45) is 0.272. The fourth-order valence-corrected chi connectivity index (χ4v) is 2.32. The molecule has 2 amide bonds. The highest BCUT2D eigenvalue weighted by Crippen LogP contribution is 2.16. The SMILES string of the molecule is CC1C(=O)NCCN1C(=O)CCOc1ccc(Br)cc1. The third kappa shape index (κ3) is 3.72. The van der Waals surface area contributed by atoms with Crippen LogP contribution in [0.25, 0.3) is 0 Å². The number of piperazine rings is 1. The molecule has 1 aromatic rings. The van der Waals surface area contributed by atoms with E-state index in [4.69, 9.17) is 4.74 Å². The van der Waals surface area contributed by atoms with E-state index in [9.17, 15) is 9.59 Å². The Balaban J connectivity index is 1.80. The van der Waals surface area contributed by atoms with Gasteiger partial charge in [0.2, 0.25) is 11.8 Å². The molecule has 1 unspecified atom stereocenters. The van der Waals surface area contributed by atoms with E-state index in [2.05, 4.69) is 21.2 Å². The number of carbonyl (C=O) groups excluding carboxylic acids is 2. The van der Waals surface area contributed by atoms with Crippen LogP contribution < -0.4 is 10.1 Å².